The topological polar surface area (TPSA) is 46.2 Å². The number of sulfone groups is 1. The van der Waals surface area contributed by atoms with Crippen molar-refractivity contribution in [2.45, 2.75) is 50.1 Å². The van der Waals surface area contributed by atoms with Gasteiger partial charge in [0, 0.05) is 5.54 Å². The summed E-state index contributed by atoms with van der Waals surface area (Å²) in [5.74, 6) is 0.565. The van der Waals surface area contributed by atoms with Gasteiger partial charge in [0.25, 0.3) is 0 Å². The molecule has 25 heavy (non-hydrogen) atoms. The number of nitrogens with one attached hydrogen (secondary N) is 1. The van der Waals surface area contributed by atoms with Crippen molar-refractivity contribution in [1.82, 2.24) is 5.32 Å². The largest absolute Gasteiger partial charge is 0.300 e. The number of rotatable bonds is 4. The summed E-state index contributed by atoms with van der Waals surface area (Å²) in [5.41, 5.74) is 1.54. The van der Waals surface area contributed by atoms with E-state index in [2.05, 4.69) is 38.2 Å². The van der Waals surface area contributed by atoms with E-state index in [0.29, 0.717) is 10.8 Å². The SMILES string of the molecule is CC[C@@]1(CC(C)C)CS(=O)(=O)c2ccccc2[C@H](c2ccccc2)N1. The zero-order valence-corrected chi connectivity index (χ0v) is 16.0. The maximum absolute atomic E-state index is 13.2. The van der Waals surface area contributed by atoms with Gasteiger partial charge in [0.1, 0.15) is 0 Å². The van der Waals surface area contributed by atoms with Gasteiger partial charge in [0.2, 0.25) is 0 Å². The van der Waals surface area contributed by atoms with Gasteiger partial charge in [-0.05, 0) is 36.0 Å². The van der Waals surface area contributed by atoms with E-state index in [0.717, 1.165) is 24.0 Å². The molecule has 3 nitrogen and oxygen atoms in total. The molecule has 0 amide bonds. The Labute approximate surface area is 151 Å². The fourth-order valence-electron chi connectivity index (χ4n) is 4.03. The van der Waals surface area contributed by atoms with Gasteiger partial charge in [-0.1, -0.05) is 69.3 Å². The third-order valence-corrected chi connectivity index (χ3v) is 7.07. The lowest BCUT2D eigenvalue weighted by Gasteiger charge is -2.37. The normalized spacial score (nSPS) is 25.4. The van der Waals surface area contributed by atoms with Crippen LogP contribution in [-0.2, 0) is 9.84 Å². The second-order valence-corrected chi connectivity index (χ2v) is 9.47. The van der Waals surface area contributed by atoms with Crippen molar-refractivity contribution in [2.24, 2.45) is 5.92 Å². The van der Waals surface area contributed by atoms with Crippen LogP contribution in [0.15, 0.2) is 59.5 Å². The number of hydrogen-bond donors (Lipinski definition) is 1. The van der Waals surface area contributed by atoms with Crippen LogP contribution in [0.25, 0.3) is 0 Å². The quantitative estimate of drug-likeness (QED) is 0.885. The average Bonchev–Trinajstić information content (AvgIpc) is 2.68. The van der Waals surface area contributed by atoms with Crippen molar-refractivity contribution >= 4 is 9.84 Å². The predicted molar refractivity (Wildman–Crippen MR) is 102 cm³/mol. The molecule has 1 heterocycles. The zero-order valence-electron chi connectivity index (χ0n) is 15.2. The first-order valence-corrected chi connectivity index (χ1v) is 10.7. The van der Waals surface area contributed by atoms with Crippen LogP contribution in [0.4, 0.5) is 0 Å². The fourth-order valence-corrected chi connectivity index (χ4v) is 6.14. The summed E-state index contributed by atoms with van der Waals surface area (Å²) in [7, 11) is -3.35. The average molecular weight is 358 g/mol. The van der Waals surface area contributed by atoms with Crippen LogP contribution in [0.1, 0.15) is 50.8 Å². The van der Waals surface area contributed by atoms with Gasteiger partial charge in [-0.15, -0.1) is 0 Å². The molecule has 1 aliphatic heterocycles. The molecule has 0 bridgehead atoms. The van der Waals surface area contributed by atoms with Crippen molar-refractivity contribution in [3.8, 4) is 0 Å². The van der Waals surface area contributed by atoms with Crippen LogP contribution in [0.3, 0.4) is 0 Å². The van der Waals surface area contributed by atoms with E-state index in [9.17, 15) is 8.42 Å². The van der Waals surface area contributed by atoms with Crippen molar-refractivity contribution in [3.05, 3.63) is 65.7 Å². The standard InChI is InChI=1S/C21H27NO2S/c1-4-21(14-16(2)3)15-25(23,24)19-13-9-8-12-18(19)20(22-21)17-10-6-5-7-11-17/h5-13,16,20,22H,4,14-15H2,1-3H3/t20-,21+/m0/s1. The monoisotopic (exact) mass is 357 g/mol. The van der Waals surface area contributed by atoms with Gasteiger partial charge in [-0.2, -0.15) is 0 Å². The molecule has 0 spiro atoms. The highest BCUT2D eigenvalue weighted by Crippen LogP contribution is 2.38. The highest BCUT2D eigenvalue weighted by molar-refractivity contribution is 7.91. The number of fused-ring (bicyclic) bond motifs is 1. The van der Waals surface area contributed by atoms with E-state index < -0.39 is 15.4 Å². The second kappa shape index (κ2) is 6.93. The maximum atomic E-state index is 13.2. The molecular weight excluding hydrogens is 330 g/mol. The van der Waals surface area contributed by atoms with Crippen LogP contribution >= 0.6 is 0 Å². The van der Waals surface area contributed by atoms with Crippen LogP contribution < -0.4 is 5.32 Å². The Hall–Kier alpha value is -1.65. The van der Waals surface area contributed by atoms with Gasteiger partial charge < -0.3 is 0 Å². The second-order valence-electron chi connectivity index (χ2n) is 7.52. The smallest absolute Gasteiger partial charge is 0.180 e. The molecule has 2 aromatic carbocycles. The molecule has 3 rings (SSSR count). The van der Waals surface area contributed by atoms with Crippen molar-refractivity contribution in [2.75, 3.05) is 5.75 Å². The first-order valence-electron chi connectivity index (χ1n) is 9.01. The summed E-state index contributed by atoms with van der Waals surface area (Å²) in [6.07, 6.45) is 1.61. The van der Waals surface area contributed by atoms with Gasteiger partial charge in [-0.3, -0.25) is 5.32 Å². The van der Waals surface area contributed by atoms with Crippen molar-refractivity contribution in [1.29, 1.82) is 0 Å². The van der Waals surface area contributed by atoms with Crippen LogP contribution in [-0.4, -0.2) is 19.7 Å². The van der Waals surface area contributed by atoms with E-state index >= 15 is 0 Å². The molecule has 1 N–H and O–H groups in total. The van der Waals surface area contributed by atoms with Gasteiger partial charge in [0.15, 0.2) is 9.84 Å². The van der Waals surface area contributed by atoms with E-state index in [-0.39, 0.29) is 11.8 Å². The molecule has 0 unspecified atom stereocenters. The zero-order chi connectivity index (χ0) is 18.1. The number of benzene rings is 2. The molecular formula is C21H27NO2S. The van der Waals surface area contributed by atoms with E-state index in [1.54, 1.807) is 6.07 Å². The van der Waals surface area contributed by atoms with Gasteiger partial charge >= 0.3 is 0 Å². The fraction of sp³-hybridized carbons (Fsp3) is 0.429. The Morgan fingerprint density at radius 3 is 2.36 bits per heavy atom. The molecule has 0 aliphatic carbocycles. The first-order chi connectivity index (χ1) is 11.9. The molecule has 0 aromatic heterocycles. The molecule has 0 fully saturated rings. The minimum atomic E-state index is -3.35. The minimum Gasteiger partial charge on any atom is -0.300 e. The predicted octanol–water partition coefficient (Wildman–Crippen LogP) is 4.35. The van der Waals surface area contributed by atoms with Crippen LogP contribution in [0.5, 0.6) is 0 Å². The Morgan fingerprint density at radius 1 is 1.08 bits per heavy atom. The molecule has 2 atom stereocenters. The minimum absolute atomic E-state index is 0.117. The molecule has 1 aliphatic rings. The Balaban J connectivity index is 2.21. The third-order valence-electron chi connectivity index (χ3n) is 5.09. The molecule has 134 valence electrons. The van der Waals surface area contributed by atoms with E-state index in [1.165, 1.54) is 0 Å². The van der Waals surface area contributed by atoms with Gasteiger partial charge in [0.05, 0.1) is 16.7 Å². The molecule has 2 aromatic rings. The molecule has 0 radical (unpaired) electrons. The first kappa shape index (κ1) is 18.2. The molecule has 4 heteroatoms. The Kier molecular flexibility index (Phi) is 5.03. The highest BCUT2D eigenvalue weighted by Gasteiger charge is 2.42. The summed E-state index contributed by atoms with van der Waals surface area (Å²) in [6, 6.07) is 17.5. The van der Waals surface area contributed by atoms with Crippen LogP contribution in [0.2, 0.25) is 0 Å². The summed E-state index contributed by atoms with van der Waals surface area (Å²) in [5, 5.41) is 3.76. The van der Waals surface area contributed by atoms with Crippen LogP contribution in [0, 0.1) is 5.92 Å². The lowest BCUT2D eigenvalue weighted by Crippen LogP contribution is -2.51. The molecule has 0 saturated carbocycles. The number of hydrogen-bond acceptors (Lipinski definition) is 3. The molecule has 0 saturated heterocycles. The third kappa shape index (κ3) is 3.65. The Morgan fingerprint density at radius 2 is 1.72 bits per heavy atom. The van der Waals surface area contributed by atoms with E-state index in [1.807, 2.05) is 36.4 Å². The summed E-state index contributed by atoms with van der Waals surface area (Å²) >= 11 is 0. The lowest BCUT2D eigenvalue weighted by atomic mass is 9.85. The maximum Gasteiger partial charge on any atom is 0.180 e. The van der Waals surface area contributed by atoms with Crippen molar-refractivity contribution in [3.63, 3.8) is 0 Å². The lowest BCUT2D eigenvalue weighted by molar-refractivity contribution is 0.269. The summed E-state index contributed by atoms with van der Waals surface area (Å²) in [6.45, 7) is 6.39. The highest BCUT2D eigenvalue weighted by atomic mass is 32.2. The van der Waals surface area contributed by atoms with E-state index in [4.69, 9.17) is 0 Å². The van der Waals surface area contributed by atoms with Gasteiger partial charge in [-0.25, -0.2) is 8.42 Å². The Bertz CT molecular complexity index is 830. The summed E-state index contributed by atoms with van der Waals surface area (Å²) < 4.78 is 26.4. The van der Waals surface area contributed by atoms with Crippen molar-refractivity contribution < 1.29 is 8.42 Å². The summed E-state index contributed by atoms with van der Waals surface area (Å²) in [4.78, 5) is 0.468.